The molecule has 4 nitrogen and oxygen atoms in total. The van der Waals surface area contributed by atoms with Crippen LogP contribution < -0.4 is 4.74 Å². The summed E-state index contributed by atoms with van der Waals surface area (Å²) in [6.07, 6.45) is 4.08. The normalized spacial score (nSPS) is 19.0. The molecular formula is C17H22N2O2. The molecule has 21 heavy (non-hydrogen) atoms. The molecule has 1 aliphatic heterocycles. The van der Waals surface area contributed by atoms with Gasteiger partial charge < -0.3 is 4.74 Å². The van der Waals surface area contributed by atoms with Crippen molar-refractivity contribution in [3.63, 3.8) is 0 Å². The molecule has 0 spiro atoms. The van der Waals surface area contributed by atoms with Crippen molar-refractivity contribution in [2.75, 3.05) is 13.7 Å². The molecule has 112 valence electrons. The van der Waals surface area contributed by atoms with Gasteiger partial charge in [-0.15, -0.1) is 0 Å². The zero-order valence-electron chi connectivity index (χ0n) is 12.8. The number of methoxy groups -OCH3 is 1. The van der Waals surface area contributed by atoms with E-state index >= 15 is 0 Å². The number of nitriles is 1. The van der Waals surface area contributed by atoms with Gasteiger partial charge in [-0.2, -0.15) is 5.26 Å². The average molecular weight is 286 g/mol. The van der Waals surface area contributed by atoms with Crippen LogP contribution in [-0.4, -0.2) is 30.4 Å². The Hall–Kier alpha value is -1.86. The fraction of sp³-hybridized carbons (Fsp3) is 0.529. The van der Waals surface area contributed by atoms with Crippen LogP contribution in [0.4, 0.5) is 0 Å². The van der Waals surface area contributed by atoms with Gasteiger partial charge >= 0.3 is 0 Å². The second-order valence-corrected chi connectivity index (χ2v) is 5.67. The molecule has 0 aromatic heterocycles. The van der Waals surface area contributed by atoms with Crippen molar-refractivity contribution in [3.05, 3.63) is 29.3 Å². The molecule has 1 fully saturated rings. The molecule has 2 rings (SSSR count). The Balaban J connectivity index is 2.12. The summed E-state index contributed by atoms with van der Waals surface area (Å²) in [6, 6.07) is 8.24. The fourth-order valence-corrected chi connectivity index (χ4v) is 3.01. The second kappa shape index (κ2) is 7.24. The molecular weight excluding hydrogens is 264 g/mol. The van der Waals surface area contributed by atoms with Crippen molar-refractivity contribution in [2.45, 2.75) is 45.2 Å². The molecule has 0 saturated carbocycles. The number of piperidine rings is 1. The van der Waals surface area contributed by atoms with E-state index in [4.69, 9.17) is 10.00 Å². The number of rotatable bonds is 5. The van der Waals surface area contributed by atoms with Crippen LogP contribution in [-0.2, 0) is 11.3 Å². The number of hydrogen-bond donors (Lipinski definition) is 0. The van der Waals surface area contributed by atoms with E-state index in [1.54, 1.807) is 14.0 Å². The van der Waals surface area contributed by atoms with E-state index in [-0.39, 0.29) is 5.78 Å². The SMILES string of the molecule is COc1ccc(CN2CCCCC2CC(C)=O)cc1C#N. The van der Waals surface area contributed by atoms with Crippen LogP contribution in [0.2, 0.25) is 0 Å². The zero-order chi connectivity index (χ0) is 15.2. The quantitative estimate of drug-likeness (QED) is 0.835. The molecule has 0 radical (unpaired) electrons. The number of carbonyl (C=O) groups excluding carboxylic acids is 1. The molecule has 1 aliphatic rings. The van der Waals surface area contributed by atoms with Crippen molar-refractivity contribution < 1.29 is 9.53 Å². The Morgan fingerprint density at radius 1 is 1.48 bits per heavy atom. The van der Waals surface area contributed by atoms with Crippen LogP contribution >= 0.6 is 0 Å². The molecule has 0 bridgehead atoms. The van der Waals surface area contributed by atoms with Gasteiger partial charge in [0.25, 0.3) is 0 Å². The summed E-state index contributed by atoms with van der Waals surface area (Å²) in [4.78, 5) is 13.8. The standard InChI is InChI=1S/C17H22N2O2/c1-13(20)9-16-5-3-4-8-19(16)12-14-6-7-17(21-2)15(10-14)11-18/h6-7,10,16H,3-5,8-9,12H2,1-2H3. The molecule has 1 saturated heterocycles. The number of ketones is 1. The first-order chi connectivity index (χ1) is 10.1. The lowest BCUT2D eigenvalue weighted by molar-refractivity contribution is -0.118. The average Bonchev–Trinajstić information content (AvgIpc) is 2.48. The summed E-state index contributed by atoms with van der Waals surface area (Å²) < 4.78 is 5.17. The van der Waals surface area contributed by atoms with Crippen LogP contribution in [0.15, 0.2) is 18.2 Å². The summed E-state index contributed by atoms with van der Waals surface area (Å²) in [5.41, 5.74) is 1.66. The number of benzene rings is 1. The first kappa shape index (κ1) is 15.5. The van der Waals surface area contributed by atoms with Crippen molar-refractivity contribution in [3.8, 4) is 11.8 Å². The summed E-state index contributed by atoms with van der Waals surface area (Å²) in [7, 11) is 1.57. The third kappa shape index (κ3) is 4.05. The zero-order valence-corrected chi connectivity index (χ0v) is 12.8. The maximum atomic E-state index is 11.4. The molecule has 0 N–H and O–H groups in total. The van der Waals surface area contributed by atoms with Gasteiger partial charge in [0.2, 0.25) is 0 Å². The van der Waals surface area contributed by atoms with E-state index in [0.29, 0.717) is 23.8 Å². The number of nitrogens with zero attached hydrogens (tertiary/aromatic N) is 2. The molecule has 1 heterocycles. The van der Waals surface area contributed by atoms with E-state index in [1.165, 1.54) is 12.8 Å². The molecule has 0 amide bonds. The van der Waals surface area contributed by atoms with E-state index < -0.39 is 0 Å². The fourth-order valence-electron chi connectivity index (χ4n) is 3.01. The van der Waals surface area contributed by atoms with Crippen LogP contribution in [0.5, 0.6) is 5.75 Å². The van der Waals surface area contributed by atoms with Crippen LogP contribution in [0, 0.1) is 11.3 Å². The summed E-state index contributed by atoms with van der Waals surface area (Å²) in [5.74, 6) is 0.861. The van der Waals surface area contributed by atoms with Gasteiger partial charge in [-0.05, 0) is 44.0 Å². The number of ether oxygens (including phenoxy) is 1. The van der Waals surface area contributed by atoms with Gasteiger partial charge in [0.05, 0.1) is 12.7 Å². The lowest BCUT2D eigenvalue weighted by Crippen LogP contribution is -2.40. The van der Waals surface area contributed by atoms with Gasteiger partial charge in [0.15, 0.2) is 0 Å². The third-order valence-electron chi connectivity index (χ3n) is 4.04. The molecule has 0 aliphatic carbocycles. The summed E-state index contributed by atoms with van der Waals surface area (Å²) in [6.45, 7) is 3.47. The monoisotopic (exact) mass is 286 g/mol. The second-order valence-electron chi connectivity index (χ2n) is 5.67. The van der Waals surface area contributed by atoms with E-state index in [1.807, 2.05) is 18.2 Å². The topological polar surface area (TPSA) is 53.3 Å². The van der Waals surface area contributed by atoms with Gasteiger partial charge in [-0.1, -0.05) is 12.5 Å². The Kier molecular flexibility index (Phi) is 5.35. The predicted molar refractivity (Wildman–Crippen MR) is 81.1 cm³/mol. The lowest BCUT2D eigenvalue weighted by Gasteiger charge is -2.35. The van der Waals surface area contributed by atoms with E-state index in [2.05, 4.69) is 11.0 Å². The van der Waals surface area contributed by atoms with Crippen molar-refractivity contribution in [2.24, 2.45) is 0 Å². The van der Waals surface area contributed by atoms with Crippen LogP contribution in [0.3, 0.4) is 0 Å². The van der Waals surface area contributed by atoms with E-state index in [0.717, 1.165) is 25.1 Å². The highest BCUT2D eigenvalue weighted by Crippen LogP contribution is 2.24. The molecule has 1 aromatic rings. The predicted octanol–water partition coefficient (Wildman–Crippen LogP) is 2.90. The molecule has 1 atom stereocenters. The maximum Gasteiger partial charge on any atom is 0.136 e. The van der Waals surface area contributed by atoms with Crippen LogP contribution in [0.25, 0.3) is 0 Å². The Morgan fingerprint density at radius 2 is 2.29 bits per heavy atom. The summed E-state index contributed by atoms with van der Waals surface area (Å²) in [5, 5.41) is 9.16. The number of hydrogen-bond acceptors (Lipinski definition) is 4. The Morgan fingerprint density at radius 3 is 2.95 bits per heavy atom. The molecule has 1 unspecified atom stereocenters. The van der Waals surface area contributed by atoms with Crippen molar-refractivity contribution in [1.82, 2.24) is 4.90 Å². The lowest BCUT2D eigenvalue weighted by atomic mass is 9.97. The maximum absolute atomic E-state index is 11.4. The minimum absolute atomic E-state index is 0.249. The molecule has 1 aromatic carbocycles. The van der Waals surface area contributed by atoms with Gasteiger partial charge in [0.1, 0.15) is 17.6 Å². The number of Topliss-reactive ketones (excluding diaryl/α,β-unsaturated/α-hetero) is 1. The first-order valence-electron chi connectivity index (χ1n) is 7.44. The van der Waals surface area contributed by atoms with Gasteiger partial charge in [0, 0.05) is 19.0 Å². The highest BCUT2D eigenvalue weighted by molar-refractivity contribution is 5.76. The Bertz CT molecular complexity index is 548. The van der Waals surface area contributed by atoms with Crippen molar-refractivity contribution in [1.29, 1.82) is 5.26 Å². The smallest absolute Gasteiger partial charge is 0.136 e. The van der Waals surface area contributed by atoms with E-state index in [9.17, 15) is 4.79 Å². The van der Waals surface area contributed by atoms with Crippen molar-refractivity contribution >= 4 is 5.78 Å². The molecule has 4 heteroatoms. The minimum atomic E-state index is 0.249. The first-order valence-corrected chi connectivity index (χ1v) is 7.44. The van der Waals surface area contributed by atoms with Crippen LogP contribution in [0.1, 0.15) is 43.7 Å². The Labute approximate surface area is 126 Å². The largest absolute Gasteiger partial charge is 0.495 e. The highest BCUT2D eigenvalue weighted by Gasteiger charge is 2.23. The van der Waals surface area contributed by atoms with Gasteiger partial charge in [-0.25, -0.2) is 0 Å². The van der Waals surface area contributed by atoms with Gasteiger partial charge in [-0.3, -0.25) is 9.69 Å². The minimum Gasteiger partial charge on any atom is -0.495 e. The third-order valence-corrected chi connectivity index (χ3v) is 4.04. The number of likely N-dealkylation sites (tertiary alicyclic amines) is 1. The number of carbonyl (C=O) groups is 1. The highest BCUT2D eigenvalue weighted by atomic mass is 16.5. The summed E-state index contributed by atoms with van der Waals surface area (Å²) >= 11 is 0.